The van der Waals surface area contributed by atoms with Crippen LogP contribution in [0.25, 0.3) is 0 Å². The van der Waals surface area contributed by atoms with E-state index in [1.54, 1.807) is 7.11 Å². The van der Waals surface area contributed by atoms with Crippen LogP contribution in [0.5, 0.6) is 0 Å². The molecule has 114 valence electrons. The maximum absolute atomic E-state index is 12.0. The third-order valence-electron chi connectivity index (χ3n) is 3.19. The Labute approximate surface area is 121 Å². The molecule has 0 heterocycles. The zero-order chi connectivity index (χ0) is 15.7. The Kier molecular flexibility index (Phi) is 8.61. The third-order valence-corrected chi connectivity index (χ3v) is 3.19. The van der Waals surface area contributed by atoms with Crippen molar-refractivity contribution >= 4 is 11.8 Å². The smallest absolute Gasteiger partial charge is 0.313 e. The summed E-state index contributed by atoms with van der Waals surface area (Å²) in [6, 6.07) is 0. The van der Waals surface area contributed by atoms with Gasteiger partial charge in [0.15, 0.2) is 5.78 Å². The minimum Gasteiger partial charge on any atom is -0.497 e. The highest BCUT2D eigenvalue weighted by molar-refractivity contribution is 5.97. The van der Waals surface area contributed by atoms with Gasteiger partial charge in [-0.3, -0.25) is 9.59 Å². The second-order valence-corrected chi connectivity index (χ2v) is 4.53. The minimum atomic E-state index is -0.480. The van der Waals surface area contributed by atoms with Crippen LogP contribution in [0, 0.1) is 5.92 Å². The largest absolute Gasteiger partial charge is 0.497 e. The van der Waals surface area contributed by atoms with Gasteiger partial charge in [0.2, 0.25) is 0 Å². The zero-order valence-corrected chi connectivity index (χ0v) is 13.4. The van der Waals surface area contributed by atoms with Crippen molar-refractivity contribution in [3.05, 3.63) is 23.0 Å². The van der Waals surface area contributed by atoms with E-state index in [-0.39, 0.29) is 18.1 Å². The highest BCUT2D eigenvalue weighted by Gasteiger charge is 2.23. The molecule has 1 unspecified atom stereocenters. The Morgan fingerprint density at radius 1 is 1.25 bits per heavy atom. The lowest BCUT2D eigenvalue weighted by molar-refractivity contribution is -0.143. The van der Waals surface area contributed by atoms with Gasteiger partial charge in [-0.1, -0.05) is 19.9 Å². The van der Waals surface area contributed by atoms with Crippen molar-refractivity contribution in [1.82, 2.24) is 0 Å². The maximum atomic E-state index is 12.0. The van der Waals surface area contributed by atoms with Crippen molar-refractivity contribution in [3.63, 3.8) is 0 Å². The van der Waals surface area contributed by atoms with Gasteiger partial charge in [0.05, 0.1) is 14.2 Å². The van der Waals surface area contributed by atoms with Crippen molar-refractivity contribution < 1.29 is 19.1 Å². The highest BCUT2D eigenvalue weighted by Crippen LogP contribution is 2.28. The summed E-state index contributed by atoms with van der Waals surface area (Å²) in [6.45, 7) is 7.93. The number of rotatable bonds is 4. The third kappa shape index (κ3) is 5.19. The number of ketones is 1. The molecule has 0 spiro atoms. The van der Waals surface area contributed by atoms with Gasteiger partial charge in [-0.15, -0.1) is 0 Å². The number of esters is 1. The Balaban J connectivity index is 0.00000172. The molecule has 4 heteroatoms. The molecule has 1 aliphatic carbocycles. The van der Waals surface area contributed by atoms with Gasteiger partial charge < -0.3 is 9.47 Å². The van der Waals surface area contributed by atoms with Crippen molar-refractivity contribution in [3.8, 4) is 0 Å². The monoisotopic (exact) mass is 282 g/mol. The maximum Gasteiger partial charge on any atom is 0.313 e. The molecule has 0 fully saturated rings. The molecule has 0 saturated heterocycles. The first-order chi connectivity index (χ1) is 9.49. The van der Waals surface area contributed by atoms with Crippen LogP contribution in [0.4, 0.5) is 0 Å². The van der Waals surface area contributed by atoms with Crippen molar-refractivity contribution in [2.45, 2.75) is 47.0 Å². The minimum absolute atomic E-state index is 0.0913. The van der Waals surface area contributed by atoms with Gasteiger partial charge >= 0.3 is 5.97 Å². The van der Waals surface area contributed by atoms with Gasteiger partial charge in [-0.2, -0.15) is 0 Å². The average Bonchev–Trinajstić information content (AvgIpc) is 2.59. The molecule has 20 heavy (non-hydrogen) atoms. The summed E-state index contributed by atoms with van der Waals surface area (Å²) in [5.41, 5.74) is 2.09. The second-order valence-electron chi connectivity index (χ2n) is 4.53. The molecule has 0 N–H and O–H groups in total. The van der Waals surface area contributed by atoms with Crippen molar-refractivity contribution in [1.29, 1.82) is 0 Å². The van der Waals surface area contributed by atoms with Crippen LogP contribution in [-0.2, 0) is 19.1 Å². The molecule has 1 atom stereocenters. The molecule has 0 aromatic heterocycles. The normalized spacial score (nSPS) is 18.3. The molecule has 0 radical (unpaired) electrons. The Bertz CT molecular complexity index is 405. The van der Waals surface area contributed by atoms with Gasteiger partial charge in [-0.25, -0.2) is 0 Å². The number of allylic oxidation sites excluding steroid dienone is 3. The number of hydrogen-bond acceptors (Lipinski definition) is 4. The SMILES string of the molecule is CC.COC(=O)CC(=O)C1C=C(C)C(OC)=C(C)CC1. The van der Waals surface area contributed by atoms with Crippen LogP contribution >= 0.6 is 0 Å². The first-order valence-electron chi connectivity index (χ1n) is 7.01. The molecule has 0 amide bonds. The molecule has 1 rings (SSSR count). The number of carbonyl (C=O) groups excluding carboxylic acids is 2. The molecule has 0 aliphatic heterocycles. The molecule has 0 saturated carbocycles. The van der Waals surface area contributed by atoms with E-state index in [0.29, 0.717) is 6.42 Å². The first kappa shape index (κ1) is 18.4. The highest BCUT2D eigenvalue weighted by atomic mass is 16.5. The van der Waals surface area contributed by atoms with E-state index < -0.39 is 5.97 Å². The van der Waals surface area contributed by atoms with Gasteiger partial charge in [0.25, 0.3) is 0 Å². The van der Waals surface area contributed by atoms with E-state index in [9.17, 15) is 9.59 Å². The molecule has 4 nitrogen and oxygen atoms in total. The average molecular weight is 282 g/mol. The number of methoxy groups -OCH3 is 2. The van der Waals surface area contributed by atoms with E-state index in [4.69, 9.17) is 4.74 Å². The molecule has 1 aliphatic rings. The van der Waals surface area contributed by atoms with Crippen LogP contribution in [0.1, 0.15) is 47.0 Å². The number of Topliss-reactive ketones (excluding diaryl/α,β-unsaturated/α-hetero) is 1. The van der Waals surface area contributed by atoms with Crippen LogP contribution < -0.4 is 0 Å². The standard InChI is InChI=1S/C14H20O4.C2H6/c1-9-5-6-11(7-10(2)14(9)18-4)12(15)8-13(16)17-3;1-2/h7,11H,5-6,8H2,1-4H3;1-2H3. The summed E-state index contributed by atoms with van der Waals surface area (Å²) >= 11 is 0. The van der Waals surface area contributed by atoms with E-state index in [0.717, 1.165) is 23.3 Å². The fourth-order valence-corrected chi connectivity index (χ4v) is 2.22. The van der Waals surface area contributed by atoms with Crippen LogP contribution in [0.15, 0.2) is 23.0 Å². The van der Waals surface area contributed by atoms with Crippen molar-refractivity contribution in [2.24, 2.45) is 5.92 Å². The van der Waals surface area contributed by atoms with Crippen LogP contribution in [-0.4, -0.2) is 26.0 Å². The predicted octanol–water partition coefficient (Wildman–Crippen LogP) is 3.42. The van der Waals surface area contributed by atoms with Gasteiger partial charge in [0, 0.05) is 5.92 Å². The van der Waals surface area contributed by atoms with Gasteiger partial charge in [0.1, 0.15) is 12.2 Å². The summed E-state index contributed by atoms with van der Waals surface area (Å²) in [4.78, 5) is 23.1. The van der Waals surface area contributed by atoms with Crippen molar-refractivity contribution in [2.75, 3.05) is 14.2 Å². The summed E-state index contributed by atoms with van der Waals surface area (Å²) in [5.74, 6) is 0.0494. The number of carbonyl (C=O) groups is 2. The zero-order valence-electron chi connectivity index (χ0n) is 13.4. The van der Waals surface area contributed by atoms with E-state index >= 15 is 0 Å². The molecule has 0 bridgehead atoms. The van der Waals surface area contributed by atoms with E-state index in [2.05, 4.69) is 4.74 Å². The van der Waals surface area contributed by atoms with E-state index in [1.807, 2.05) is 33.8 Å². The van der Waals surface area contributed by atoms with Gasteiger partial charge in [-0.05, 0) is 37.8 Å². The summed E-state index contributed by atoms with van der Waals surface area (Å²) in [6.07, 6.45) is 3.24. The topological polar surface area (TPSA) is 52.6 Å². The summed E-state index contributed by atoms with van der Waals surface area (Å²) < 4.78 is 9.85. The van der Waals surface area contributed by atoms with Crippen LogP contribution in [0.3, 0.4) is 0 Å². The first-order valence-corrected chi connectivity index (χ1v) is 7.01. The fraction of sp³-hybridized carbons (Fsp3) is 0.625. The second kappa shape index (κ2) is 9.34. The number of ether oxygens (including phenoxy) is 2. The van der Waals surface area contributed by atoms with E-state index in [1.165, 1.54) is 7.11 Å². The Morgan fingerprint density at radius 3 is 2.35 bits per heavy atom. The summed E-state index contributed by atoms with van der Waals surface area (Å²) in [5, 5.41) is 0. The Morgan fingerprint density at radius 2 is 1.85 bits per heavy atom. The molecule has 0 aromatic rings. The lowest BCUT2D eigenvalue weighted by Gasteiger charge is -2.09. The quantitative estimate of drug-likeness (QED) is 0.585. The Hall–Kier alpha value is -1.58. The lowest BCUT2D eigenvalue weighted by atomic mass is 9.95. The van der Waals surface area contributed by atoms with Crippen LogP contribution in [0.2, 0.25) is 0 Å². The summed E-state index contributed by atoms with van der Waals surface area (Å²) in [7, 11) is 2.92. The fourth-order valence-electron chi connectivity index (χ4n) is 2.22. The molecular weight excluding hydrogens is 256 g/mol. The number of hydrogen-bond donors (Lipinski definition) is 0. The molecular formula is C16H26O4. The predicted molar refractivity (Wildman–Crippen MR) is 79.2 cm³/mol. The molecule has 0 aromatic carbocycles. The lowest BCUT2D eigenvalue weighted by Crippen LogP contribution is -2.17.